The standard InChI is InChI=1S/C60H51N3/c1-59(2,3)33-22-42-40-27-48-41(43-23-34(60(4,5)6)25-45-54-49(63(48)58(43)45)28-61-56-32-20-29-17-30(21-32)19-31(18-29)50(54)56)26-47(40)62-46-16-15-39-51-35-11-7-9-13-37(35)52(38-14-10-8-12-36(38)51)55(39)53(46)44(24-33)57(42)62/h7-16,22-32,51-52H,17-21H2,1-6H3. The van der Waals surface area contributed by atoms with Crippen LogP contribution in [0.2, 0.25) is 0 Å². The third kappa shape index (κ3) is 4.01. The maximum absolute atomic E-state index is 5.53. The number of pyridine rings is 1. The van der Waals surface area contributed by atoms with Crippen molar-refractivity contribution in [3.8, 4) is 0 Å². The maximum atomic E-state index is 5.53. The minimum Gasteiger partial charge on any atom is -0.308 e. The number of fused-ring (bicyclic) bond motifs is 12. The fourth-order valence-corrected chi connectivity index (χ4v) is 15.3. The first-order valence-electron chi connectivity index (χ1n) is 24.0. The zero-order chi connectivity index (χ0) is 41.7. The van der Waals surface area contributed by atoms with Crippen LogP contribution in [0.3, 0.4) is 0 Å². The topological polar surface area (TPSA) is 21.7 Å². The lowest BCUT2D eigenvalue weighted by atomic mass is 9.60. The highest BCUT2D eigenvalue weighted by molar-refractivity contribution is 6.30. The van der Waals surface area contributed by atoms with Crippen molar-refractivity contribution < 1.29 is 0 Å². The second kappa shape index (κ2) is 10.9. The minimum absolute atomic E-state index is 0.0121. The van der Waals surface area contributed by atoms with Crippen LogP contribution in [-0.4, -0.2) is 13.8 Å². The van der Waals surface area contributed by atoms with E-state index in [2.05, 4.69) is 154 Å². The summed E-state index contributed by atoms with van der Waals surface area (Å²) in [6.45, 7) is 14.4. The Labute approximate surface area is 367 Å². The van der Waals surface area contributed by atoms with Crippen molar-refractivity contribution in [2.45, 2.75) is 108 Å². The quantitative estimate of drug-likeness (QED) is 0.149. The van der Waals surface area contributed by atoms with Crippen LogP contribution in [0.5, 0.6) is 0 Å². The van der Waals surface area contributed by atoms with Gasteiger partial charge in [0.15, 0.2) is 0 Å². The molecule has 0 aliphatic heterocycles. The summed E-state index contributed by atoms with van der Waals surface area (Å²) in [5, 5.41) is 11.3. The van der Waals surface area contributed by atoms with E-state index in [0.717, 1.165) is 11.8 Å². The molecule has 7 aliphatic rings. The Hall–Kier alpha value is -5.93. The van der Waals surface area contributed by atoms with Gasteiger partial charge in [0.1, 0.15) is 0 Å². The maximum Gasteiger partial charge on any atom is 0.0728 e. The monoisotopic (exact) mass is 813 g/mol. The molecule has 2 saturated carbocycles. The fourth-order valence-electron chi connectivity index (χ4n) is 15.3. The zero-order valence-corrected chi connectivity index (χ0v) is 37.2. The van der Waals surface area contributed by atoms with E-state index in [1.807, 2.05) is 0 Å². The van der Waals surface area contributed by atoms with Crippen molar-refractivity contribution in [2.75, 3.05) is 0 Å². The van der Waals surface area contributed by atoms with E-state index in [4.69, 9.17) is 4.98 Å². The Kier molecular flexibility index (Phi) is 5.96. The van der Waals surface area contributed by atoms with Crippen molar-refractivity contribution in [2.24, 2.45) is 11.8 Å². The Bertz CT molecular complexity index is 3830. The molecule has 2 atom stereocenters. The number of aromatic nitrogens is 3. The molecule has 63 heavy (non-hydrogen) atoms. The lowest BCUT2D eigenvalue weighted by Crippen LogP contribution is -2.27. The second-order valence-electron chi connectivity index (χ2n) is 23.1. The van der Waals surface area contributed by atoms with Gasteiger partial charge in [-0.25, -0.2) is 0 Å². The predicted molar refractivity (Wildman–Crippen MR) is 261 cm³/mol. The molecule has 2 fully saturated rings. The molecule has 5 aromatic heterocycles. The van der Waals surface area contributed by atoms with Crippen LogP contribution in [0, 0.1) is 11.8 Å². The third-order valence-electron chi connectivity index (χ3n) is 17.7. The van der Waals surface area contributed by atoms with Crippen molar-refractivity contribution in [3.05, 3.63) is 159 Å². The van der Waals surface area contributed by atoms with Crippen molar-refractivity contribution >= 4 is 76.2 Å². The third-order valence-corrected chi connectivity index (χ3v) is 17.7. The van der Waals surface area contributed by atoms with Gasteiger partial charge in [0.25, 0.3) is 0 Å². The van der Waals surface area contributed by atoms with Gasteiger partial charge in [-0.2, -0.15) is 0 Å². The molecular formula is C60H51N3. The van der Waals surface area contributed by atoms with Gasteiger partial charge in [-0.05, 0) is 153 Å². The normalized spacial score (nSPS) is 23.7. The SMILES string of the molecule is CC(C)(C)c1cc2c3cc4c(cc3n3c5cnc6c(c5c(c1)c23)C1CC2CC(CC6C2)C1)c1cc(C(C)(C)C)cc2c3c5c(ccc3n4c12)C1c2ccccc2C5c2ccccc21. The van der Waals surface area contributed by atoms with E-state index in [-0.39, 0.29) is 22.7 Å². The average Bonchev–Trinajstić information content (AvgIpc) is 3.96. The number of rotatable bonds is 0. The van der Waals surface area contributed by atoms with E-state index in [1.165, 1.54) is 158 Å². The van der Waals surface area contributed by atoms with Crippen LogP contribution in [0.1, 0.15) is 153 Å². The van der Waals surface area contributed by atoms with Crippen LogP contribution in [-0.2, 0) is 10.8 Å². The minimum atomic E-state index is -0.0177. The molecule has 18 rings (SSSR count). The molecule has 3 heteroatoms. The molecule has 6 aromatic carbocycles. The molecule has 11 aromatic rings. The fraction of sp³-hybridized carbons (Fsp3) is 0.317. The second-order valence-corrected chi connectivity index (χ2v) is 23.1. The van der Waals surface area contributed by atoms with Crippen LogP contribution < -0.4 is 0 Å². The summed E-state index contributed by atoms with van der Waals surface area (Å²) in [6.07, 6.45) is 9.11. The van der Waals surface area contributed by atoms with Crippen molar-refractivity contribution in [3.63, 3.8) is 0 Å². The first-order valence-corrected chi connectivity index (χ1v) is 24.0. The molecule has 2 unspecified atom stereocenters. The first-order chi connectivity index (χ1) is 30.5. The van der Waals surface area contributed by atoms with E-state index < -0.39 is 0 Å². The lowest BCUT2D eigenvalue weighted by Gasteiger charge is -2.42. The molecule has 0 spiro atoms. The number of benzene rings is 6. The zero-order valence-electron chi connectivity index (χ0n) is 37.2. The molecule has 3 nitrogen and oxygen atoms in total. The van der Waals surface area contributed by atoms with Gasteiger partial charge < -0.3 is 8.80 Å². The smallest absolute Gasteiger partial charge is 0.0728 e. The summed E-state index contributed by atoms with van der Waals surface area (Å²) in [6, 6.07) is 39.0. The summed E-state index contributed by atoms with van der Waals surface area (Å²) in [5.74, 6) is 3.44. The highest BCUT2D eigenvalue weighted by Crippen LogP contribution is 2.61. The molecule has 0 radical (unpaired) electrons. The van der Waals surface area contributed by atoms with Crippen LogP contribution in [0.25, 0.3) is 76.2 Å². The van der Waals surface area contributed by atoms with Crippen molar-refractivity contribution in [1.29, 1.82) is 0 Å². The van der Waals surface area contributed by atoms with E-state index in [0.29, 0.717) is 11.8 Å². The molecule has 5 heterocycles. The van der Waals surface area contributed by atoms with E-state index in [9.17, 15) is 0 Å². The summed E-state index contributed by atoms with van der Waals surface area (Å²) in [5.41, 5.74) is 22.9. The summed E-state index contributed by atoms with van der Waals surface area (Å²) < 4.78 is 5.33. The number of hydrogen-bond donors (Lipinski definition) is 0. The number of hydrogen-bond acceptors (Lipinski definition) is 1. The van der Waals surface area contributed by atoms with Gasteiger partial charge in [-0.3, -0.25) is 4.98 Å². The van der Waals surface area contributed by atoms with Gasteiger partial charge in [-0.1, -0.05) is 96.1 Å². The van der Waals surface area contributed by atoms with Crippen LogP contribution >= 0.6 is 0 Å². The van der Waals surface area contributed by atoms with E-state index >= 15 is 0 Å². The highest BCUT2D eigenvalue weighted by Gasteiger charge is 2.45. The van der Waals surface area contributed by atoms with Gasteiger partial charge in [0.2, 0.25) is 0 Å². The Morgan fingerprint density at radius 1 is 0.444 bits per heavy atom. The molecule has 306 valence electrons. The van der Waals surface area contributed by atoms with E-state index in [1.54, 1.807) is 5.56 Å². The van der Waals surface area contributed by atoms with Gasteiger partial charge in [-0.15, -0.1) is 0 Å². The van der Waals surface area contributed by atoms with Crippen molar-refractivity contribution in [1.82, 2.24) is 13.8 Å². The molecule has 7 aliphatic carbocycles. The summed E-state index contributed by atoms with van der Waals surface area (Å²) >= 11 is 0. The molecular weight excluding hydrogens is 763 g/mol. The van der Waals surface area contributed by atoms with Crippen LogP contribution in [0.4, 0.5) is 0 Å². The average molecular weight is 814 g/mol. The Morgan fingerprint density at radius 2 is 0.937 bits per heavy atom. The lowest BCUT2D eigenvalue weighted by molar-refractivity contribution is 0.165. The van der Waals surface area contributed by atoms with Crippen LogP contribution in [0.15, 0.2) is 103 Å². The highest BCUT2D eigenvalue weighted by atomic mass is 14.9. The largest absolute Gasteiger partial charge is 0.308 e. The first kappa shape index (κ1) is 34.5. The Balaban J connectivity index is 1.06. The molecule has 6 bridgehead atoms. The molecule has 0 saturated heterocycles. The number of nitrogens with zero attached hydrogens (tertiary/aromatic N) is 3. The van der Waals surface area contributed by atoms with Gasteiger partial charge in [0, 0.05) is 66.5 Å². The van der Waals surface area contributed by atoms with Gasteiger partial charge in [0.05, 0.1) is 39.3 Å². The predicted octanol–water partition coefficient (Wildman–Crippen LogP) is 15.4. The summed E-state index contributed by atoms with van der Waals surface area (Å²) in [4.78, 5) is 5.53. The van der Waals surface area contributed by atoms with Gasteiger partial charge >= 0.3 is 0 Å². The summed E-state index contributed by atoms with van der Waals surface area (Å²) in [7, 11) is 0. The molecule has 0 amide bonds. The molecule has 0 N–H and O–H groups in total. The Morgan fingerprint density at radius 3 is 1.49 bits per heavy atom.